The van der Waals surface area contributed by atoms with Gasteiger partial charge in [-0.25, -0.2) is 8.78 Å². The van der Waals surface area contributed by atoms with Crippen molar-refractivity contribution in [2.75, 3.05) is 18.5 Å². The SMILES string of the molecule is CC(CO)(CO)Nc1nc(F)c(F)cc1F. The van der Waals surface area contributed by atoms with Crippen LogP contribution in [-0.4, -0.2) is 33.9 Å². The molecule has 0 saturated carbocycles. The molecule has 0 aliphatic carbocycles. The van der Waals surface area contributed by atoms with E-state index in [1.54, 1.807) is 0 Å². The fourth-order valence-corrected chi connectivity index (χ4v) is 0.947. The summed E-state index contributed by atoms with van der Waals surface area (Å²) in [5, 5.41) is 20.1. The lowest BCUT2D eigenvalue weighted by Crippen LogP contribution is -2.43. The molecular formula is C9H11F3N2O2. The van der Waals surface area contributed by atoms with Crippen molar-refractivity contribution < 1.29 is 23.4 Å². The Morgan fingerprint density at radius 2 is 1.81 bits per heavy atom. The highest BCUT2D eigenvalue weighted by Crippen LogP contribution is 2.18. The van der Waals surface area contributed by atoms with Crippen molar-refractivity contribution in [2.45, 2.75) is 12.5 Å². The summed E-state index contributed by atoms with van der Waals surface area (Å²) >= 11 is 0. The van der Waals surface area contributed by atoms with Crippen molar-refractivity contribution in [1.82, 2.24) is 4.98 Å². The molecule has 0 amide bonds. The summed E-state index contributed by atoms with van der Waals surface area (Å²) < 4.78 is 38.4. The van der Waals surface area contributed by atoms with Crippen LogP contribution in [0.15, 0.2) is 6.07 Å². The van der Waals surface area contributed by atoms with E-state index in [1.165, 1.54) is 6.92 Å². The van der Waals surface area contributed by atoms with Crippen molar-refractivity contribution in [1.29, 1.82) is 0 Å². The van der Waals surface area contributed by atoms with E-state index in [0.717, 1.165) is 0 Å². The molecule has 0 atom stereocenters. The minimum atomic E-state index is -1.46. The van der Waals surface area contributed by atoms with Crippen LogP contribution in [0.5, 0.6) is 0 Å². The summed E-state index contributed by atoms with van der Waals surface area (Å²) in [5.41, 5.74) is -1.27. The van der Waals surface area contributed by atoms with Gasteiger partial charge in [-0.05, 0) is 6.92 Å². The van der Waals surface area contributed by atoms with E-state index in [0.29, 0.717) is 6.07 Å². The number of aromatic nitrogens is 1. The maximum atomic E-state index is 13.1. The molecule has 0 unspecified atom stereocenters. The molecule has 3 N–H and O–H groups in total. The number of nitrogens with one attached hydrogen (secondary N) is 1. The second-order valence-corrected chi connectivity index (χ2v) is 3.59. The first kappa shape index (κ1) is 12.7. The molecule has 0 bridgehead atoms. The number of hydrogen-bond donors (Lipinski definition) is 3. The van der Waals surface area contributed by atoms with Gasteiger partial charge in [-0.2, -0.15) is 9.37 Å². The van der Waals surface area contributed by atoms with Crippen LogP contribution in [0.4, 0.5) is 19.0 Å². The monoisotopic (exact) mass is 236 g/mol. The van der Waals surface area contributed by atoms with Crippen LogP contribution >= 0.6 is 0 Å². The number of pyridine rings is 1. The minimum Gasteiger partial charge on any atom is -0.394 e. The predicted octanol–water partition coefficient (Wildman–Crippen LogP) is 0.654. The van der Waals surface area contributed by atoms with Gasteiger partial charge in [0, 0.05) is 6.07 Å². The molecule has 4 nitrogen and oxygen atoms in total. The number of halogens is 3. The standard InChI is InChI=1S/C9H11F3N2O2/c1-9(3-15,4-16)14-8-6(11)2-5(10)7(12)13-8/h2,15-16H,3-4H2,1H3,(H,13,14). The Hall–Kier alpha value is -1.34. The van der Waals surface area contributed by atoms with Crippen LogP contribution < -0.4 is 5.32 Å². The lowest BCUT2D eigenvalue weighted by atomic mass is 10.1. The number of aliphatic hydroxyl groups is 2. The Bertz CT molecular complexity index is 383. The zero-order valence-corrected chi connectivity index (χ0v) is 8.47. The molecule has 0 saturated heterocycles. The third-order valence-electron chi connectivity index (χ3n) is 2.00. The van der Waals surface area contributed by atoms with Crippen molar-refractivity contribution in [3.63, 3.8) is 0 Å². The van der Waals surface area contributed by atoms with Gasteiger partial charge < -0.3 is 15.5 Å². The predicted molar refractivity (Wildman–Crippen MR) is 50.3 cm³/mol. The molecule has 1 rings (SSSR count). The normalized spacial score (nSPS) is 11.6. The quantitative estimate of drug-likeness (QED) is 0.672. The molecule has 0 aliphatic heterocycles. The van der Waals surface area contributed by atoms with Crippen LogP contribution in [0.2, 0.25) is 0 Å². The van der Waals surface area contributed by atoms with Crippen LogP contribution in [-0.2, 0) is 0 Å². The summed E-state index contributed by atoms with van der Waals surface area (Å²) in [6.45, 7) is 0.322. The average molecular weight is 236 g/mol. The Balaban J connectivity index is 3.01. The molecule has 1 aromatic heterocycles. The smallest absolute Gasteiger partial charge is 0.251 e. The van der Waals surface area contributed by atoms with Gasteiger partial charge in [-0.3, -0.25) is 0 Å². The van der Waals surface area contributed by atoms with E-state index < -0.39 is 42.2 Å². The highest BCUT2D eigenvalue weighted by atomic mass is 19.2. The largest absolute Gasteiger partial charge is 0.394 e. The summed E-state index contributed by atoms with van der Waals surface area (Å²) in [4.78, 5) is 3.00. The van der Waals surface area contributed by atoms with Gasteiger partial charge in [-0.1, -0.05) is 0 Å². The fourth-order valence-electron chi connectivity index (χ4n) is 0.947. The van der Waals surface area contributed by atoms with Gasteiger partial charge in [0.15, 0.2) is 17.5 Å². The van der Waals surface area contributed by atoms with E-state index in [9.17, 15) is 13.2 Å². The van der Waals surface area contributed by atoms with Crippen LogP contribution in [0.1, 0.15) is 6.92 Å². The van der Waals surface area contributed by atoms with E-state index in [2.05, 4.69) is 10.3 Å². The Morgan fingerprint density at radius 3 is 2.31 bits per heavy atom. The van der Waals surface area contributed by atoms with E-state index in [4.69, 9.17) is 10.2 Å². The lowest BCUT2D eigenvalue weighted by Gasteiger charge is -2.26. The molecule has 0 spiro atoms. The van der Waals surface area contributed by atoms with Crippen molar-refractivity contribution in [3.05, 3.63) is 23.6 Å². The molecule has 7 heteroatoms. The second-order valence-electron chi connectivity index (χ2n) is 3.59. The third kappa shape index (κ3) is 2.61. The summed E-state index contributed by atoms with van der Waals surface area (Å²) in [6, 6.07) is 0.333. The van der Waals surface area contributed by atoms with Crippen molar-refractivity contribution in [2.24, 2.45) is 0 Å². The fraction of sp³-hybridized carbons (Fsp3) is 0.444. The van der Waals surface area contributed by atoms with E-state index in [1.807, 2.05) is 0 Å². The Morgan fingerprint density at radius 1 is 1.25 bits per heavy atom. The summed E-state index contributed by atoms with van der Waals surface area (Å²) in [7, 11) is 0. The zero-order valence-electron chi connectivity index (χ0n) is 8.47. The molecule has 1 heterocycles. The number of hydrogen-bond acceptors (Lipinski definition) is 4. The summed E-state index contributed by atoms with van der Waals surface area (Å²) in [5.74, 6) is -4.53. The summed E-state index contributed by atoms with van der Waals surface area (Å²) in [6.07, 6.45) is 0. The van der Waals surface area contributed by atoms with Gasteiger partial charge in [0.1, 0.15) is 0 Å². The first-order chi connectivity index (χ1) is 7.41. The highest BCUT2D eigenvalue weighted by molar-refractivity contribution is 5.39. The zero-order chi connectivity index (χ0) is 12.3. The van der Waals surface area contributed by atoms with Crippen molar-refractivity contribution >= 4 is 5.82 Å². The number of anilines is 1. The minimum absolute atomic E-state index is 0.333. The van der Waals surface area contributed by atoms with Crippen LogP contribution in [0, 0.1) is 17.6 Å². The highest BCUT2D eigenvalue weighted by Gasteiger charge is 2.25. The molecule has 0 radical (unpaired) electrons. The first-order valence-corrected chi connectivity index (χ1v) is 4.43. The number of nitrogens with zero attached hydrogens (tertiary/aromatic N) is 1. The third-order valence-corrected chi connectivity index (χ3v) is 2.00. The molecule has 90 valence electrons. The molecule has 1 aromatic rings. The van der Waals surface area contributed by atoms with Gasteiger partial charge >= 0.3 is 0 Å². The Labute approximate surface area is 89.7 Å². The van der Waals surface area contributed by atoms with Gasteiger partial charge in [-0.15, -0.1) is 0 Å². The molecule has 16 heavy (non-hydrogen) atoms. The second kappa shape index (κ2) is 4.67. The van der Waals surface area contributed by atoms with Gasteiger partial charge in [0.25, 0.3) is 5.95 Å². The molecular weight excluding hydrogens is 225 g/mol. The maximum Gasteiger partial charge on any atom is 0.251 e. The van der Waals surface area contributed by atoms with Gasteiger partial charge in [0.05, 0.1) is 18.8 Å². The lowest BCUT2D eigenvalue weighted by molar-refractivity contribution is 0.147. The maximum absolute atomic E-state index is 13.1. The number of aliphatic hydroxyl groups excluding tert-OH is 2. The van der Waals surface area contributed by atoms with E-state index in [-0.39, 0.29) is 0 Å². The topological polar surface area (TPSA) is 65.4 Å². The van der Waals surface area contributed by atoms with Gasteiger partial charge in [0.2, 0.25) is 0 Å². The van der Waals surface area contributed by atoms with Crippen LogP contribution in [0.3, 0.4) is 0 Å². The van der Waals surface area contributed by atoms with E-state index >= 15 is 0 Å². The van der Waals surface area contributed by atoms with Crippen molar-refractivity contribution in [3.8, 4) is 0 Å². The van der Waals surface area contributed by atoms with Crippen LogP contribution in [0.25, 0.3) is 0 Å². The molecule has 0 aromatic carbocycles. The average Bonchev–Trinajstić information content (AvgIpc) is 2.25. The Kier molecular flexibility index (Phi) is 3.71. The first-order valence-electron chi connectivity index (χ1n) is 4.43. The molecule has 0 aliphatic rings. The number of rotatable bonds is 4. The molecule has 0 fully saturated rings.